The predicted molar refractivity (Wildman–Crippen MR) is 119 cm³/mol. The van der Waals surface area contributed by atoms with E-state index in [4.69, 9.17) is 4.98 Å². The molecule has 0 spiro atoms. The summed E-state index contributed by atoms with van der Waals surface area (Å²) in [6.45, 7) is 4.51. The molecule has 0 atom stereocenters. The number of hydrogen-bond donors (Lipinski definition) is 2. The molecule has 0 unspecified atom stereocenters. The van der Waals surface area contributed by atoms with Crippen LogP contribution < -0.4 is 10.9 Å². The molecule has 1 aliphatic heterocycles. The molecule has 7 nitrogen and oxygen atoms in total. The molecule has 0 radical (unpaired) electrons. The van der Waals surface area contributed by atoms with Gasteiger partial charge < -0.3 is 10.3 Å². The highest BCUT2D eigenvalue weighted by atomic mass is 32.1. The standard InChI is InChI=1S/C22H25N5O2S/c28-19(23-16-6-7-16)13-27-10-8-26(9-11-27)12-18-24-21(29)20-17(14-30-22(20)25-18)15-4-2-1-3-5-15/h1-5,14,16H,6-13H2,(H,23,28)(H,24,25,29). The minimum Gasteiger partial charge on any atom is -0.352 e. The Labute approximate surface area is 178 Å². The van der Waals surface area contributed by atoms with Gasteiger partial charge >= 0.3 is 0 Å². The molecule has 3 aromatic rings. The lowest BCUT2D eigenvalue weighted by molar-refractivity contribution is -0.122. The van der Waals surface area contributed by atoms with Crippen molar-refractivity contribution in [2.45, 2.75) is 25.4 Å². The fourth-order valence-corrected chi connectivity index (χ4v) is 4.89. The lowest BCUT2D eigenvalue weighted by Gasteiger charge is -2.33. The highest BCUT2D eigenvalue weighted by Crippen LogP contribution is 2.30. The third-order valence-electron chi connectivity index (χ3n) is 5.73. The first-order valence-electron chi connectivity index (χ1n) is 10.5. The number of hydrogen-bond acceptors (Lipinski definition) is 6. The molecule has 1 saturated carbocycles. The molecule has 2 N–H and O–H groups in total. The average molecular weight is 424 g/mol. The van der Waals surface area contributed by atoms with E-state index in [0.717, 1.165) is 55.0 Å². The van der Waals surface area contributed by atoms with E-state index in [1.807, 2.05) is 35.7 Å². The Kier molecular flexibility index (Phi) is 5.37. The molecule has 5 rings (SSSR count). The van der Waals surface area contributed by atoms with Gasteiger partial charge in [0.1, 0.15) is 10.7 Å². The number of carbonyl (C=O) groups is 1. The summed E-state index contributed by atoms with van der Waals surface area (Å²) in [4.78, 5) is 37.8. The number of benzene rings is 1. The van der Waals surface area contributed by atoms with Gasteiger partial charge in [0.25, 0.3) is 5.56 Å². The van der Waals surface area contributed by atoms with Crippen molar-refractivity contribution >= 4 is 27.5 Å². The molecule has 1 saturated heterocycles. The number of thiophene rings is 1. The number of aromatic nitrogens is 2. The van der Waals surface area contributed by atoms with E-state index < -0.39 is 0 Å². The van der Waals surface area contributed by atoms with Crippen molar-refractivity contribution in [1.29, 1.82) is 0 Å². The predicted octanol–water partition coefficient (Wildman–Crippen LogP) is 2.05. The van der Waals surface area contributed by atoms with Crippen LogP contribution in [-0.2, 0) is 11.3 Å². The number of H-pyrrole nitrogens is 1. The largest absolute Gasteiger partial charge is 0.352 e. The lowest BCUT2D eigenvalue weighted by Crippen LogP contribution is -2.49. The van der Waals surface area contributed by atoms with Crippen LogP contribution in [-0.4, -0.2) is 64.4 Å². The average Bonchev–Trinajstić information content (AvgIpc) is 3.45. The van der Waals surface area contributed by atoms with Gasteiger partial charge in [-0.05, 0) is 18.4 Å². The van der Waals surface area contributed by atoms with Gasteiger partial charge in [0.05, 0.1) is 18.5 Å². The van der Waals surface area contributed by atoms with E-state index in [-0.39, 0.29) is 11.5 Å². The highest BCUT2D eigenvalue weighted by Gasteiger charge is 2.25. The van der Waals surface area contributed by atoms with Gasteiger partial charge in [0, 0.05) is 43.2 Å². The number of rotatable bonds is 6. The number of nitrogens with zero attached hydrogens (tertiary/aromatic N) is 3. The van der Waals surface area contributed by atoms with Gasteiger partial charge in [-0.2, -0.15) is 0 Å². The topological polar surface area (TPSA) is 81.3 Å². The van der Waals surface area contributed by atoms with Gasteiger partial charge in [-0.25, -0.2) is 4.98 Å². The second kappa shape index (κ2) is 8.29. The maximum Gasteiger partial charge on any atom is 0.260 e. The Bertz CT molecular complexity index is 1100. The van der Waals surface area contributed by atoms with Crippen LogP contribution in [0.3, 0.4) is 0 Å². The van der Waals surface area contributed by atoms with Crippen molar-refractivity contribution in [3.05, 3.63) is 51.9 Å². The number of piperazine rings is 1. The highest BCUT2D eigenvalue weighted by molar-refractivity contribution is 7.17. The molecule has 0 bridgehead atoms. The Morgan fingerprint density at radius 1 is 1.13 bits per heavy atom. The normalized spacial score (nSPS) is 18.0. The van der Waals surface area contributed by atoms with Gasteiger partial charge in [-0.1, -0.05) is 30.3 Å². The zero-order chi connectivity index (χ0) is 20.5. The minimum absolute atomic E-state index is 0.0783. The summed E-state index contributed by atoms with van der Waals surface area (Å²) in [5, 5.41) is 5.73. The molecule has 2 fully saturated rings. The Hall–Kier alpha value is -2.55. The molecule has 3 heterocycles. The van der Waals surface area contributed by atoms with Gasteiger partial charge in [0.15, 0.2) is 0 Å². The molecule has 2 aromatic heterocycles. The van der Waals surface area contributed by atoms with E-state index in [0.29, 0.717) is 30.3 Å². The maximum atomic E-state index is 12.8. The minimum atomic E-state index is -0.0783. The third-order valence-corrected chi connectivity index (χ3v) is 6.60. The van der Waals surface area contributed by atoms with Crippen molar-refractivity contribution in [2.75, 3.05) is 32.7 Å². The molecule has 1 amide bonds. The fourth-order valence-electron chi connectivity index (χ4n) is 3.92. The number of aromatic amines is 1. The molecule has 2 aliphatic rings. The van der Waals surface area contributed by atoms with Crippen LogP contribution in [0.2, 0.25) is 0 Å². The monoisotopic (exact) mass is 423 g/mol. The summed E-state index contributed by atoms with van der Waals surface area (Å²) in [6, 6.07) is 10.4. The fraction of sp³-hybridized carbons (Fsp3) is 0.409. The van der Waals surface area contributed by atoms with Crippen molar-refractivity contribution < 1.29 is 4.79 Å². The maximum absolute atomic E-state index is 12.8. The van der Waals surface area contributed by atoms with Gasteiger partial charge in [0.2, 0.25) is 5.91 Å². The van der Waals surface area contributed by atoms with Crippen LogP contribution in [0.4, 0.5) is 0 Å². The van der Waals surface area contributed by atoms with E-state index in [2.05, 4.69) is 20.1 Å². The van der Waals surface area contributed by atoms with Crippen LogP contribution in [0.1, 0.15) is 18.7 Å². The van der Waals surface area contributed by atoms with Crippen LogP contribution >= 0.6 is 11.3 Å². The molecule has 8 heteroatoms. The van der Waals surface area contributed by atoms with Crippen LogP contribution in [0.25, 0.3) is 21.3 Å². The number of carbonyl (C=O) groups excluding carboxylic acids is 1. The summed E-state index contributed by atoms with van der Waals surface area (Å²) >= 11 is 1.51. The Morgan fingerprint density at radius 3 is 2.60 bits per heavy atom. The summed E-state index contributed by atoms with van der Waals surface area (Å²) < 4.78 is 0. The SMILES string of the molecule is O=C(CN1CCN(Cc2nc3scc(-c4ccccc4)c3c(=O)[nH]2)CC1)NC1CC1. The van der Waals surface area contributed by atoms with Gasteiger partial charge in [-0.3, -0.25) is 19.4 Å². The summed E-state index contributed by atoms with van der Waals surface area (Å²) in [6.07, 6.45) is 2.23. The molecule has 30 heavy (non-hydrogen) atoms. The van der Waals surface area contributed by atoms with E-state index in [1.54, 1.807) is 0 Å². The lowest BCUT2D eigenvalue weighted by atomic mass is 10.1. The zero-order valence-electron chi connectivity index (χ0n) is 16.8. The Balaban J connectivity index is 1.23. The summed E-state index contributed by atoms with van der Waals surface area (Å²) in [5.41, 5.74) is 1.89. The van der Waals surface area contributed by atoms with Crippen molar-refractivity contribution in [3.8, 4) is 11.1 Å². The van der Waals surface area contributed by atoms with Crippen LogP contribution in [0, 0.1) is 0 Å². The summed E-state index contributed by atoms with van der Waals surface area (Å²) in [7, 11) is 0. The molecule has 1 aliphatic carbocycles. The van der Waals surface area contributed by atoms with Crippen LogP contribution in [0.5, 0.6) is 0 Å². The summed E-state index contributed by atoms with van der Waals surface area (Å²) in [5.74, 6) is 0.836. The third kappa shape index (κ3) is 4.30. The first-order chi connectivity index (χ1) is 14.7. The smallest absolute Gasteiger partial charge is 0.260 e. The quantitative estimate of drug-likeness (QED) is 0.634. The second-order valence-electron chi connectivity index (χ2n) is 8.10. The number of nitrogens with one attached hydrogen (secondary N) is 2. The van der Waals surface area contributed by atoms with E-state index in [1.165, 1.54) is 11.3 Å². The number of fused-ring (bicyclic) bond motifs is 1. The molecular weight excluding hydrogens is 398 g/mol. The molecular formula is C22H25N5O2S. The first kappa shape index (κ1) is 19.4. The first-order valence-corrected chi connectivity index (χ1v) is 11.3. The van der Waals surface area contributed by atoms with Crippen molar-refractivity contribution in [1.82, 2.24) is 25.1 Å². The van der Waals surface area contributed by atoms with Crippen LogP contribution in [0.15, 0.2) is 40.5 Å². The number of amides is 1. The Morgan fingerprint density at radius 2 is 1.87 bits per heavy atom. The second-order valence-corrected chi connectivity index (χ2v) is 8.96. The zero-order valence-corrected chi connectivity index (χ0v) is 17.6. The molecule has 1 aromatic carbocycles. The van der Waals surface area contributed by atoms with Crippen molar-refractivity contribution in [2.24, 2.45) is 0 Å². The molecule has 156 valence electrons. The van der Waals surface area contributed by atoms with E-state index >= 15 is 0 Å². The van der Waals surface area contributed by atoms with E-state index in [9.17, 15) is 9.59 Å². The van der Waals surface area contributed by atoms with Crippen molar-refractivity contribution in [3.63, 3.8) is 0 Å². The van der Waals surface area contributed by atoms with Gasteiger partial charge in [-0.15, -0.1) is 11.3 Å².